The van der Waals surface area contributed by atoms with Crippen LogP contribution in [0.25, 0.3) is 0 Å². The molecular weight excluding hydrogens is 202 g/mol. The van der Waals surface area contributed by atoms with Crippen molar-refractivity contribution in [2.24, 2.45) is 0 Å². The molecule has 0 bridgehead atoms. The van der Waals surface area contributed by atoms with Gasteiger partial charge in [0.25, 0.3) is 0 Å². The minimum atomic E-state index is 0.607. The van der Waals surface area contributed by atoms with Gasteiger partial charge in [0.05, 0.1) is 20.3 Å². The van der Waals surface area contributed by atoms with Crippen molar-refractivity contribution in [1.82, 2.24) is 5.32 Å². The monoisotopic (exact) mass is 223 g/mol. The number of likely N-dealkylation sites (N-methyl/N-ethyl adjacent to an activating group) is 1. The van der Waals surface area contributed by atoms with Gasteiger partial charge < -0.3 is 14.8 Å². The SMILES string of the molecule is CCNCCOCc1cc(C)ccc1OC. The first-order chi connectivity index (χ1) is 7.77. The van der Waals surface area contributed by atoms with E-state index in [4.69, 9.17) is 9.47 Å². The first kappa shape index (κ1) is 13.0. The highest BCUT2D eigenvalue weighted by Crippen LogP contribution is 2.20. The van der Waals surface area contributed by atoms with Crippen molar-refractivity contribution in [3.05, 3.63) is 29.3 Å². The summed E-state index contributed by atoms with van der Waals surface area (Å²) >= 11 is 0. The molecule has 0 unspecified atom stereocenters. The number of nitrogens with one attached hydrogen (secondary N) is 1. The van der Waals surface area contributed by atoms with E-state index in [2.05, 4.69) is 25.2 Å². The predicted octanol–water partition coefficient (Wildman–Crippen LogP) is 2.13. The lowest BCUT2D eigenvalue weighted by atomic mass is 10.1. The Bertz CT molecular complexity index is 313. The van der Waals surface area contributed by atoms with E-state index < -0.39 is 0 Å². The molecule has 1 aromatic rings. The molecule has 3 heteroatoms. The predicted molar refractivity (Wildman–Crippen MR) is 65.9 cm³/mol. The van der Waals surface area contributed by atoms with Crippen LogP contribution in [0, 0.1) is 6.92 Å². The Morgan fingerprint density at radius 1 is 1.31 bits per heavy atom. The Hall–Kier alpha value is -1.06. The summed E-state index contributed by atoms with van der Waals surface area (Å²) in [5.41, 5.74) is 2.34. The molecule has 0 aliphatic rings. The molecule has 1 N–H and O–H groups in total. The maximum Gasteiger partial charge on any atom is 0.124 e. The summed E-state index contributed by atoms with van der Waals surface area (Å²) in [6.07, 6.45) is 0. The van der Waals surface area contributed by atoms with Gasteiger partial charge in [0.15, 0.2) is 0 Å². The molecule has 0 spiro atoms. The summed E-state index contributed by atoms with van der Waals surface area (Å²) < 4.78 is 10.9. The second-order valence-electron chi connectivity index (χ2n) is 3.72. The van der Waals surface area contributed by atoms with Gasteiger partial charge in [-0.05, 0) is 19.5 Å². The first-order valence-electron chi connectivity index (χ1n) is 5.70. The van der Waals surface area contributed by atoms with E-state index >= 15 is 0 Å². The number of aryl methyl sites for hydroxylation is 1. The van der Waals surface area contributed by atoms with Gasteiger partial charge in [0, 0.05) is 12.1 Å². The Labute approximate surface area is 97.8 Å². The normalized spacial score (nSPS) is 10.4. The first-order valence-corrected chi connectivity index (χ1v) is 5.70. The number of hydrogen-bond acceptors (Lipinski definition) is 3. The molecule has 0 fully saturated rings. The van der Waals surface area contributed by atoms with Crippen molar-refractivity contribution in [3.8, 4) is 5.75 Å². The van der Waals surface area contributed by atoms with Gasteiger partial charge in [-0.1, -0.05) is 24.6 Å². The van der Waals surface area contributed by atoms with Crippen LogP contribution in [-0.2, 0) is 11.3 Å². The number of methoxy groups -OCH3 is 1. The van der Waals surface area contributed by atoms with Crippen molar-refractivity contribution in [2.75, 3.05) is 26.8 Å². The largest absolute Gasteiger partial charge is 0.496 e. The zero-order chi connectivity index (χ0) is 11.8. The van der Waals surface area contributed by atoms with Crippen LogP contribution >= 0.6 is 0 Å². The lowest BCUT2D eigenvalue weighted by molar-refractivity contribution is 0.121. The fourth-order valence-corrected chi connectivity index (χ4v) is 1.52. The molecular formula is C13H21NO2. The minimum absolute atomic E-state index is 0.607. The van der Waals surface area contributed by atoms with Crippen molar-refractivity contribution in [1.29, 1.82) is 0 Å². The van der Waals surface area contributed by atoms with Crippen molar-refractivity contribution in [2.45, 2.75) is 20.5 Å². The molecule has 1 rings (SSSR count). The van der Waals surface area contributed by atoms with Gasteiger partial charge in [-0.25, -0.2) is 0 Å². The molecule has 0 heterocycles. The average molecular weight is 223 g/mol. The van der Waals surface area contributed by atoms with Gasteiger partial charge in [-0.2, -0.15) is 0 Å². The fraction of sp³-hybridized carbons (Fsp3) is 0.538. The van der Waals surface area contributed by atoms with E-state index in [1.54, 1.807) is 7.11 Å². The molecule has 0 aromatic heterocycles. The number of hydrogen-bond donors (Lipinski definition) is 1. The summed E-state index contributed by atoms with van der Waals surface area (Å²) in [6, 6.07) is 6.13. The van der Waals surface area contributed by atoms with Crippen LogP contribution in [0.1, 0.15) is 18.1 Å². The van der Waals surface area contributed by atoms with Crippen LogP contribution in [0.5, 0.6) is 5.75 Å². The highest BCUT2D eigenvalue weighted by atomic mass is 16.5. The Balaban J connectivity index is 2.42. The summed E-state index contributed by atoms with van der Waals surface area (Å²) in [4.78, 5) is 0. The zero-order valence-corrected chi connectivity index (χ0v) is 10.4. The lowest BCUT2D eigenvalue weighted by Gasteiger charge is -2.10. The molecule has 0 saturated carbocycles. The molecule has 0 aliphatic heterocycles. The highest BCUT2D eigenvalue weighted by molar-refractivity contribution is 5.36. The Morgan fingerprint density at radius 2 is 2.12 bits per heavy atom. The van der Waals surface area contributed by atoms with Gasteiger partial charge >= 0.3 is 0 Å². The number of benzene rings is 1. The van der Waals surface area contributed by atoms with Crippen LogP contribution in [0.2, 0.25) is 0 Å². The van der Waals surface area contributed by atoms with E-state index in [0.29, 0.717) is 6.61 Å². The number of rotatable bonds is 7. The van der Waals surface area contributed by atoms with E-state index in [1.165, 1.54) is 5.56 Å². The third kappa shape index (κ3) is 4.21. The zero-order valence-electron chi connectivity index (χ0n) is 10.4. The maximum absolute atomic E-state index is 5.58. The number of ether oxygens (including phenoxy) is 2. The standard InChI is InChI=1S/C13H21NO2/c1-4-14-7-8-16-10-12-9-11(2)5-6-13(12)15-3/h5-6,9,14H,4,7-8,10H2,1-3H3. The van der Waals surface area contributed by atoms with Crippen LogP contribution < -0.4 is 10.1 Å². The third-order valence-electron chi connectivity index (χ3n) is 2.37. The van der Waals surface area contributed by atoms with Gasteiger partial charge in [-0.15, -0.1) is 0 Å². The molecule has 90 valence electrons. The van der Waals surface area contributed by atoms with Gasteiger partial charge in [-0.3, -0.25) is 0 Å². The Morgan fingerprint density at radius 3 is 2.81 bits per heavy atom. The van der Waals surface area contributed by atoms with Crippen LogP contribution in [-0.4, -0.2) is 26.8 Å². The molecule has 0 radical (unpaired) electrons. The fourth-order valence-electron chi connectivity index (χ4n) is 1.52. The summed E-state index contributed by atoms with van der Waals surface area (Å²) in [5.74, 6) is 0.897. The summed E-state index contributed by atoms with van der Waals surface area (Å²) in [6.45, 7) is 7.37. The lowest BCUT2D eigenvalue weighted by Crippen LogP contribution is -2.18. The molecule has 0 amide bonds. The van der Waals surface area contributed by atoms with Crippen LogP contribution in [0.3, 0.4) is 0 Å². The van der Waals surface area contributed by atoms with E-state index in [-0.39, 0.29) is 0 Å². The Kier molecular flexibility index (Phi) is 5.90. The molecule has 3 nitrogen and oxygen atoms in total. The molecule has 0 atom stereocenters. The topological polar surface area (TPSA) is 30.5 Å². The van der Waals surface area contributed by atoms with Crippen molar-refractivity contribution >= 4 is 0 Å². The molecule has 0 saturated heterocycles. The summed E-state index contributed by atoms with van der Waals surface area (Å²) in [7, 11) is 1.69. The van der Waals surface area contributed by atoms with Crippen LogP contribution in [0.15, 0.2) is 18.2 Å². The molecule has 1 aromatic carbocycles. The highest BCUT2D eigenvalue weighted by Gasteiger charge is 2.02. The molecule has 16 heavy (non-hydrogen) atoms. The van der Waals surface area contributed by atoms with Crippen molar-refractivity contribution in [3.63, 3.8) is 0 Å². The smallest absolute Gasteiger partial charge is 0.124 e. The second kappa shape index (κ2) is 7.25. The quantitative estimate of drug-likeness (QED) is 0.718. The van der Waals surface area contributed by atoms with Crippen molar-refractivity contribution < 1.29 is 9.47 Å². The minimum Gasteiger partial charge on any atom is -0.496 e. The summed E-state index contributed by atoms with van der Waals surface area (Å²) in [5, 5.41) is 3.22. The van der Waals surface area contributed by atoms with Gasteiger partial charge in [0.1, 0.15) is 5.75 Å². The van der Waals surface area contributed by atoms with Crippen LogP contribution in [0.4, 0.5) is 0 Å². The van der Waals surface area contributed by atoms with E-state index in [0.717, 1.165) is 31.0 Å². The van der Waals surface area contributed by atoms with E-state index in [1.807, 2.05) is 12.1 Å². The second-order valence-corrected chi connectivity index (χ2v) is 3.72. The van der Waals surface area contributed by atoms with Gasteiger partial charge in [0.2, 0.25) is 0 Å². The third-order valence-corrected chi connectivity index (χ3v) is 2.37. The maximum atomic E-state index is 5.58. The average Bonchev–Trinajstić information content (AvgIpc) is 2.29. The van der Waals surface area contributed by atoms with E-state index in [9.17, 15) is 0 Å². The molecule has 0 aliphatic carbocycles.